The van der Waals surface area contributed by atoms with Crippen LogP contribution in [-0.2, 0) is 6.54 Å². The average Bonchev–Trinajstić information content (AvgIpc) is 2.71. The standard InChI is InChI=1S/C21H20ClN3O2/c1-23-20-14-19(16-7-11-18(27-2)12-8-16)24-25(21(20)26)13-3-4-15-5-9-17(22)10-6-15/h3-12,14,23H,13H2,1-2H3. The van der Waals surface area contributed by atoms with Gasteiger partial charge in [0.05, 0.1) is 19.3 Å². The summed E-state index contributed by atoms with van der Waals surface area (Å²) >= 11 is 5.90. The summed E-state index contributed by atoms with van der Waals surface area (Å²) in [5.41, 5.74) is 2.95. The van der Waals surface area contributed by atoms with Gasteiger partial charge in [-0.25, -0.2) is 4.68 Å². The highest BCUT2D eigenvalue weighted by Crippen LogP contribution is 2.21. The number of aromatic nitrogens is 2. The summed E-state index contributed by atoms with van der Waals surface area (Å²) in [6.07, 6.45) is 3.83. The summed E-state index contributed by atoms with van der Waals surface area (Å²) in [6.45, 7) is 0.361. The lowest BCUT2D eigenvalue weighted by Gasteiger charge is -2.09. The van der Waals surface area contributed by atoms with Crippen molar-refractivity contribution in [1.82, 2.24) is 9.78 Å². The van der Waals surface area contributed by atoms with Crippen LogP contribution in [0.2, 0.25) is 5.02 Å². The SMILES string of the molecule is CNc1cc(-c2ccc(OC)cc2)nn(CC=Cc2ccc(Cl)cc2)c1=O. The van der Waals surface area contributed by atoms with E-state index >= 15 is 0 Å². The molecule has 0 fully saturated rings. The van der Waals surface area contributed by atoms with Gasteiger partial charge in [-0.15, -0.1) is 0 Å². The molecule has 0 aliphatic carbocycles. The molecule has 5 nitrogen and oxygen atoms in total. The fourth-order valence-corrected chi connectivity index (χ4v) is 2.74. The predicted octanol–water partition coefficient (Wildman–Crippen LogP) is 4.33. The first kappa shape index (κ1) is 18.7. The van der Waals surface area contributed by atoms with Crippen molar-refractivity contribution in [1.29, 1.82) is 0 Å². The molecule has 0 aliphatic heterocycles. The Labute approximate surface area is 162 Å². The van der Waals surface area contributed by atoms with Crippen molar-refractivity contribution in [2.75, 3.05) is 19.5 Å². The van der Waals surface area contributed by atoms with Gasteiger partial charge in [0.2, 0.25) is 0 Å². The van der Waals surface area contributed by atoms with Crippen LogP contribution >= 0.6 is 11.6 Å². The molecule has 0 bridgehead atoms. The molecule has 0 radical (unpaired) electrons. The van der Waals surface area contributed by atoms with Crippen molar-refractivity contribution >= 4 is 23.4 Å². The molecule has 0 atom stereocenters. The van der Waals surface area contributed by atoms with Crippen molar-refractivity contribution in [2.24, 2.45) is 0 Å². The Kier molecular flexibility index (Phi) is 5.94. The van der Waals surface area contributed by atoms with Gasteiger partial charge < -0.3 is 10.1 Å². The zero-order valence-electron chi connectivity index (χ0n) is 15.1. The Morgan fingerprint density at radius 1 is 1.15 bits per heavy atom. The summed E-state index contributed by atoms with van der Waals surface area (Å²) < 4.78 is 6.63. The van der Waals surface area contributed by atoms with Crippen molar-refractivity contribution in [3.63, 3.8) is 0 Å². The lowest BCUT2D eigenvalue weighted by molar-refractivity contribution is 0.415. The van der Waals surface area contributed by atoms with Gasteiger partial charge in [0, 0.05) is 17.6 Å². The minimum atomic E-state index is -0.171. The third-order valence-corrected chi connectivity index (χ3v) is 4.34. The second-order valence-electron chi connectivity index (χ2n) is 5.86. The first-order valence-electron chi connectivity index (χ1n) is 8.47. The Hall–Kier alpha value is -3.05. The van der Waals surface area contributed by atoms with E-state index in [1.165, 1.54) is 4.68 Å². The molecule has 1 aromatic heterocycles. The number of nitrogens with zero attached hydrogens (tertiary/aromatic N) is 2. The van der Waals surface area contributed by atoms with Gasteiger partial charge in [-0.2, -0.15) is 5.10 Å². The number of hydrogen-bond acceptors (Lipinski definition) is 4. The Morgan fingerprint density at radius 3 is 2.48 bits per heavy atom. The average molecular weight is 382 g/mol. The molecule has 3 rings (SSSR count). The van der Waals surface area contributed by atoms with Crippen molar-refractivity contribution in [2.45, 2.75) is 6.54 Å². The third-order valence-electron chi connectivity index (χ3n) is 4.09. The molecule has 2 aromatic carbocycles. The predicted molar refractivity (Wildman–Crippen MR) is 111 cm³/mol. The van der Waals surface area contributed by atoms with Gasteiger partial charge in [0.25, 0.3) is 5.56 Å². The molecule has 138 valence electrons. The summed E-state index contributed by atoms with van der Waals surface area (Å²) in [5, 5.41) is 8.14. The van der Waals surface area contributed by atoms with Gasteiger partial charge >= 0.3 is 0 Å². The number of benzene rings is 2. The van der Waals surface area contributed by atoms with Crippen LogP contribution in [0.3, 0.4) is 0 Å². The molecule has 27 heavy (non-hydrogen) atoms. The molecule has 0 unspecified atom stereocenters. The fourth-order valence-electron chi connectivity index (χ4n) is 2.61. The number of anilines is 1. The van der Waals surface area contributed by atoms with E-state index in [2.05, 4.69) is 10.4 Å². The number of allylic oxidation sites excluding steroid dienone is 1. The zero-order chi connectivity index (χ0) is 19.2. The maximum absolute atomic E-state index is 12.5. The van der Waals surface area contributed by atoms with Crippen molar-refractivity contribution in [3.8, 4) is 17.0 Å². The van der Waals surface area contributed by atoms with E-state index in [-0.39, 0.29) is 5.56 Å². The Bertz CT molecular complexity index is 993. The highest BCUT2D eigenvalue weighted by molar-refractivity contribution is 6.30. The minimum absolute atomic E-state index is 0.171. The Balaban J connectivity index is 1.89. The summed E-state index contributed by atoms with van der Waals surface area (Å²) in [6, 6.07) is 16.8. The fraction of sp³-hybridized carbons (Fsp3) is 0.143. The van der Waals surface area contributed by atoms with E-state index in [0.717, 1.165) is 16.9 Å². The summed E-state index contributed by atoms with van der Waals surface area (Å²) in [4.78, 5) is 12.5. The van der Waals surface area contributed by atoms with Crippen LogP contribution in [-0.4, -0.2) is 23.9 Å². The number of hydrogen-bond donors (Lipinski definition) is 1. The van der Waals surface area contributed by atoms with Crippen molar-refractivity contribution in [3.05, 3.63) is 81.6 Å². The second kappa shape index (κ2) is 8.56. The van der Waals surface area contributed by atoms with Crippen LogP contribution in [0.4, 0.5) is 5.69 Å². The number of methoxy groups -OCH3 is 1. The van der Waals surface area contributed by atoms with E-state index in [4.69, 9.17) is 16.3 Å². The second-order valence-corrected chi connectivity index (χ2v) is 6.30. The smallest absolute Gasteiger partial charge is 0.290 e. The van der Waals surface area contributed by atoms with Crippen LogP contribution in [0.1, 0.15) is 5.56 Å². The highest BCUT2D eigenvalue weighted by Gasteiger charge is 2.08. The lowest BCUT2D eigenvalue weighted by atomic mass is 10.1. The number of halogens is 1. The van der Waals surface area contributed by atoms with Gasteiger partial charge in [-0.1, -0.05) is 35.9 Å². The van der Waals surface area contributed by atoms with Gasteiger partial charge in [0.1, 0.15) is 11.4 Å². The maximum atomic E-state index is 12.5. The molecule has 0 aliphatic rings. The van der Waals surface area contributed by atoms with Crippen LogP contribution in [0.25, 0.3) is 17.3 Å². The van der Waals surface area contributed by atoms with Crippen LogP contribution in [0.15, 0.2) is 65.5 Å². The number of rotatable bonds is 6. The van der Waals surface area contributed by atoms with E-state index in [1.807, 2.05) is 60.7 Å². The number of nitrogens with one attached hydrogen (secondary N) is 1. The van der Waals surface area contributed by atoms with Crippen molar-refractivity contribution < 1.29 is 4.74 Å². The van der Waals surface area contributed by atoms with Gasteiger partial charge in [-0.05, 0) is 48.0 Å². The van der Waals surface area contributed by atoms with E-state index in [0.29, 0.717) is 22.9 Å². The molecule has 0 saturated carbocycles. The maximum Gasteiger partial charge on any atom is 0.290 e. The summed E-state index contributed by atoms with van der Waals surface area (Å²) in [5.74, 6) is 0.770. The van der Waals surface area contributed by atoms with E-state index < -0.39 is 0 Å². The monoisotopic (exact) mass is 381 g/mol. The highest BCUT2D eigenvalue weighted by atomic mass is 35.5. The molecule has 6 heteroatoms. The van der Waals surface area contributed by atoms with E-state index in [1.54, 1.807) is 20.2 Å². The first-order valence-corrected chi connectivity index (χ1v) is 8.85. The van der Waals surface area contributed by atoms with E-state index in [9.17, 15) is 4.79 Å². The minimum Gasteiger partial charge on any atom is -0.497 e. The molecular weight excluding hydrogens is 362 g/mol. The molecular formula is C21H20ClN3O2. The topological polar surface area (TPSA) is 56.1 Å². The molecule has 1 N–H and O–H groups in total. The lowest BCUT2D eigenvalue weighted by Crippen LogP contribution is -2.25. The van der Waals surface area contributed by atoms with Crippen LogP contribution in [0, 0.1) is 0 Å². The Morgan fingerprint density at radius 2 is 1.85 bits per heavy atom. The molecule has 0 saturated heterocycles. The largest absolute Gasteiger partial charge is 0.497 e. The zero-order valence-corrected chi connectivity index (χ0v) is 15.9. The molecule has 3 aromatic rings. The van der Waals surface area contributed by atoms with Gasteiger partial charge in [-0.3, -0.25) is 4.79 Å². The quantitative estimate of drug-likeness (QED) is 0.690. The molecule has 1 heterocycles. The van der Waals surface area contributed by atoms with Crippen LogP contribution in [0.5, 0.6) is 5.75 Å². The normalized spacial score (nSPS) is 10.9. The number of ether oxygens (including phenoxy) is 1. The van der Waals surface area contributed by atoms with Crippen LogP contribution < -0.4 is 15.6 Å². The molecule has 0 spiro atoms. The molecule has 0 amide bonds. The first-order chi connectivity index (χ1) is 13.1. The summed E-state index contributed by atoms with van der Waals surface area (Å²) in [7, 11) is 3.35. The third kappa shape index (κ3) is 4.57. The van der Waals surface area contributed by atoms with Gasteiger partial charge in [0.15, 0.2) is 0 Å².